The normalized spacial score (nSPS) is 12.2. The molecule has 0 saturated carbocycles. The Labute approximate surface area is 114 Å². The van der Waals surface area contributed by atoms with Crippen molar-refractivity contribution in [3.8, 4) is 0 Å². The van der Waals surface area contributed by atoms with Crippen LogP contribution in [0.15, 0.2) is 18.3 Å². The van der Waals surface area contributed by atoms with Crippen molar-refractivity contribution in [1.29, 1.82) is 0 Å². The van der Waals surface area contributed by atoms with E-state index in [1.54, 1.807) is 0 Å². The van der Waals surface area contributed by atoms with Gasteiger partial charge < -0.3 is 5.73 Å². The Morgan fingerprint density at radius 3 is 2.50 bits per heavy atom. The summed E-state index contributed by atoms with van der Waals surface area (Å²) in [5, 5.41) is 7.84. The van der Waals surface area contributed by atoms with E-state index in [1.165, 1.54) is 10.5 Å². The first-order valence-corrected chi connectivity index (χ1v) is 6.63. The standard InChI is InChI=1S/C13H17F3N4/c14-13(15,16)10-6-7-12-19-18-11(20(12)9-10)5-3-1-2-4-8-17/h6-7,9H,1-5,8,17H2. The smallest absolute Gasteiger partial charge is 0.330 e. The lowest BCUT2D eigenvalue weighted by Crippen LogP contribution is -2.07. The number of unbranched alkanes of at least 4 members (excludes halogenated alkanes) is 3. The molecule has 2 aromatic rings. The molecule has 4 nitrogen and oxygen atoms in total. The zero-order valence-electron chi connectivity index (χ0n) is 11.0. The van der Waals surface area contributed by atoms with Gasteiger partial charge in [0.05, 0.1) is 5.56 Å². The van der Waals surface area contributed by atoms with Crippen LogP contribution in [0.4, 0.5) is 13.2 Å². The fourth-order valence-electron chi connectivity index (χ4n) is 2.06. The fraction of sp³-hybridized carbons (Fsp3) is 0.538. The number of halogens is 3. The van der Waals surface area contributed by atoms with Gasteiger partial charge in [-0.2, -0.15) is 13.2 Å². The van der Waals surface area contributed by atoms with Crippen LogP contribution in [-0.4, -0.2) is 21.1 Å². The number of aromatic nitrogens is 3. The molecule has 2 N–H and O–H groups in total. The second-order valence-electron chi connectivity index (χ2n) is 4.71. The molecule has 20 heavy (non-hydrogen) atoms. The third-order valence-electron chi connectivity index (χ3n) is 3.15. The van der Waals surface area contributed by atoms with Crippen LogP contribution in [0.1, 0.15) is 37.1 Å². The van der Waals surface area contributed by atoms with E-state index >= 15 is 0 Å². The van der Waals surface area contributed by atoms with Crippen LogP contribution in [0.2, 0.25) is 0 Å². The average Bonchev–Trinajstić information content (AvgIpc) is 2.80. The number of nitrogens with two attached hydrogens (primary N) is 1. The summed E-state index contributed by atoms with van der Waals surface area (Å²) in [6.45, 7) is 0.669. The van der Waals surface area contributed by atoms with E-state index in [4.69, 9.17) is 5.73 Å². The van der Waals surface area contributed by atoms with Crippen LogP contribution in [0.25, 0.3) is 5.65 Å². The molecule has 2 heterocycles. The Balaban J connectivity index is 2.09. The molecule has 0 atom stereocenters. The van der Waals surface area contributed by atoms with E-state index in [2.05, 4.69) is 10.2 Å². The Kier molecular flexibility index (Phi) is 4.59. The van der Waals surface area contributed by atoms with Crippen LogP contribution in [0, 0.1) is 0 Å². The van der Waals surface area contributed by atoms with E-state index in [9.17, 15) is 13.2 Å². The summed E-state index contributed by atoms with van der Waals surface area (Å²) >= 11 is 0. The minimum absolute atomic E-state index is 0.440. The van der Waals surface area contributed by atoms with Gasteiger partial charge in [-0.15, -0.1) is 10.2 Å². The second kappa shape index (κ2) is 6.21. The first-order valence-electron chi connectivity index (χ1n) is 6.63. The van der Waals surface area contributed by atoms with Gasteiger partial charge in [0.1, 0.15) is 5.82 Å². The van der Waals surface area contributed by atoms with Gasteiger partial charge in [-0.3, -0.25) is 4.40 Å². The molecule has 7 heteroatoms. The van der Waals surface area contributed by atoms with Gasteiger partial charge in [-0.05, 0) is 31.5 Å². The summed E-state index contributed by atoms with van der Waals surface area (Å²) in [4.78, 5) is 0. The van der Waals surface area contributed by atoms with E-state index in [0.29, 0.717) is 24.4 Å². The number of hydrogen-bond acceptors (Lipinski definition) is 3. The molecule has 0 aliphatic heterocycles. The molecule has 0 saturated heterocycles. The molecule has 0 aliphatic carbocycles. The van der Waals surface area contributed by atoms with Gasteiger partial charge in [0, 0.05) is 12.6 Å². The lowest BCUT2D eigenvalue weighted by molar-refractivity contribution is -0.137. The lowest BCUT2D eigenvalue weighted by Gasteiger charge is -2.07. The molecular formula is C13H17F3N4. The van der Waals surface area contributed by atoms with Crippen molar-refractivity contribution < 1.29 is 13.2 Å². The summed E-state index contributed by atoms with van der Waals surface area (Å²) in [6, 6.07) is 2.36. The number of nitrogens with zero attached hydrogens (tertiary/aromatic N) is 3. The molecule has 2 aromatic heterocycles. The van der Waals surface area contributed by atoms with Crippen molar-refractivity contribution in [2.24, 2.45) is 5.73 Å². The molecule has 0 bridgehead atoms. The second-order valence-corrected chi connectivity index (χ2v) is 4.71. The molecule has 2 rings (SSSR count). The summed E-state index contributed by atoms with van der Waals surface area (Å²) in [5.74, 6) is 0.568. The largest absolute Gasteiger partial charge is 0.417 e. The SMILES string of the molecule is NCCCCCCc1nnc2ccc(C(F)(F)F)cn12. The molecular weight excluding hydrogens is 269 g/mol. The highest BCUT2D eigenvalue weighted by Crippen LogP contribution is 2.29. The van der Waals surface area contributed by atoms with Crippen LogP contribution in [0.3, 0.4) is 0 Å². The van der Waals surface area contributed by atoms with Crippen molar-refractivity contribution in [3.63, 3.8) is 0 Å². The third-order valence-corrected chi connectivity index (χ3v) is 3.15. The fourth-order valence-corrected chi connectivity index (χ4v) is 2.06. The van der Waals surface area contributed by atoms with Crippen molar-refractivity contribution in [1.82, 2.24) is 14.6 Å². The van der Waals surface area contributed by atoms with E-state index in [-0.39, 0.29) is 0 Å². The maximum atomic E-state index is 12.7. The lowest BCUT2D eigenvalue weighted by atomic mass is 10.1. The maximum absolute atomic E-state index is 12.7. The van der Waals surface area contributed by atoms with Gasteiger partial charge in [-0.1, -0.05) is 12.8 Å². The van der Waals surface area contributed by atoms with Crippen molar-refractivity contribution in [3.05, 3.63) is 29.7 Å². The van der Waals surface area contributed by atoms with Crippen LogP contribution >= 0.6 is 0 Å². The van der Waals surface area contributed by atoms with E-state index < -0.39 is 11.7 Å². The summed E-state index contributed by atoms with van der Waals surface area (Å²) in [6.07, 6.45) is 1.19. The number of fused-ring (bicyclic) bond motifs is 1. The molecule has 0 unspecified atom stereocenters. The van der Waals surface area contributed by atoms with Crippen LogP contribution < -0.4 is 5.73 Å². The molecule has 110 valence electrons. The zero-order chi connectivity index (χ0) is 14.6. The molecule has 0 aliphatic rings. The predicted molar refractivity (Wildman–Crippen MR) is 69.2 cm³/mol. The molecule has 0 aromatic carbocycles. The molecule has 0 radical (unpaired) electrons. The van der Waals surface area contributed by atoms with E-state index in [0.717, 1.165) is 37.9 Å². The highest BCUT2D eigenvalue weighted by molar-refractivity contribution is 5.40. The number of pyridine rings is 1. The maximum Gasteiger partial charge on any atom is 0.417 e. The average molecular weight is 286 g/mol. The molecule has 0 amide bonds. The van der Waals surface area contributed by atoms with Gasteiger partial charge in [0.25, 0.3) is 0 Å². The number of rotatable bonds is 6. The Hall–Kier alpha value is -1.63. The Bertz CT molecular complexity index is 562. The van der Waals surface area contributed by atoms with Gasteiger partial charge in [-0.25, -0.2) is 0 Å². The first kappa shape index (κ1) is 14.8. The summed E-state index contributed by atoms with van der Waals surface area (Å²) in [7, 11) is 0. The van der Waals surface area contributed by atoms with Crippen LogP contribution in [-0.2, 0) is 12.6 Å². The highest BCUT2D eigenvalue weighted by Gasteiger charge is 2.31. The number of aryl methyl sites for hydroxylation is 1. The summed E-state index contributed by atoms with van der Waals surface area (Å²) in [5.41, 5.74) is 5.16. The zero-order valence-corrected chi connectivity index (χ0v) is 11.0. The molecule has 0 fully saturated rings. The monoisotopic (exact) mass is 286 g/mol. The minimum atomic E-state index is -4.35. The van der Waals surface area contributed by atoms with E-state index in [1.807, 2.05) is 0 Å². The van der Waals surface area contributed by atoms with Crippen molar-refractivity contribution in [2.45, 2.75) is 38.3 Å². The van der Waals surface area contributed by atoms with Crippen molar-refractivity contribution >= 4 is 5.65 Å². The number of hydrogen-bond donors (Lipinski definition) is 1. The predicted octanol–water partition coefficient (Wildman–Crippen LogP) is 2.81. The third kappa shape index (κ3) is 3.47. The first-order chi connectivity index (χ1) is 9.52. The van der Waals surface area contributed by atoms with Crippen molar-refractivity contribution in [2.75, 3.05) is 6.54 Å². The number of alkyl halides is 3. The minimum Gasteiger partial charge on any atom is -0.330 e. The Morgan fingerprint density at radius 1 is 1.05 bits per heavy atom. The quantitative estimate of drug-likeness (QED) is 0.831. The topological polar surface area (TPSA) is 56.2 Å². The van der Waals surface area contributed by atoms with Crippen LogP contribution in [0.5, 0.6) is 0 Å². The Morgan fingerprint density at radius 2 is 1.80 bits per heavy atom. The van der Waals surface area contributed by atoms with Gasteiger partial charge >= 0.3 is 6.18 Å². The summed E-state index contributed by atoms with van der Waals surface area (Å²) < 4.78 is 39.5. The van der Waals surface area contributed by atoms with Gasteiger partial charge in [0.2, 0.25) is 0 Å². The highest BCUT2D eigenvalue weighted by atomic mass is 19.4. The molecule has 0 spiro atoms. The van der Waals surface area contributed by atoms with Gasteiger partial charge in [0.15, 0.2) is 5.65 Å².